The minimum absolute atomic E-state index is 0.0797. The number of nitrogens with one attached hydrogen (secondary N) is 1. The second-order valence-electron chi connectivity index (χ2n) is 6.07. The third-order valence-corrected chi connectivity index (χ3v) is 5.07. The number of amides is 1. The zero-order valence-corrected chi connectivity index (χ0v) is 13.7. The molecule has 4 nitrogen and oxygen atoms in total. The first-order valence-corrected chi connectivity index (χ1v) is 8.71. The Kier molecular flexibility index (Phi) is 3.58. The standard InChI is InChI=1S/C18H17N3OS/c1-11-6-7-15-13(10-11)16(12-4-2-3-5-14(12)20-15)17(22)21-18-19-8-9-23-18/h2-5,8-9,11H,6-7,10H2,1H3,(H,19,21,22)/t11-/m1/s1. The van der Waals surface area contributed by atoms with Crippen molar-refractivity contribution in [1.29, 1.82) is 0 Å². The second kappa shape index (κ2) is 5.74. The maximum absolute atomic E-state index is 12.9. The van der Waals surface area contributed by atoms with Crippen molar-refractivity contribution in [3.8, 4) is 0 Å². The van der Waals surface area contributed by atoms with Crippen LogP contribution in [0.15, 0.2) is 35.8 Å². The van der Waals surface area contributed by atoms with E-state index in [0.717, 1.165) is 47.0 Å². The molecule has 1 aliphatic carbocycles. The van der Waals surface area contributed by atoms with Gasteiger partial charge in [0.25, 0.3) is 5.91 Å². The molecule has 4 rings (SSSR count). The van der Waals surface area contributed by atoms with Gasteiger partial charge in [-0.2, -0.15) is 0 Å². The lowest BCUT2D eigenvalue weighted by molar-refractivity contribution is 0.102. The third-order valence-electron chi connectivity index (χ3n) is 4.39. The summed E-state index contributed by atoms with van der Waals surface area (Å²) in [5, 5.41) is 6.35. The van der Waals surface area contributed by atoms with E-state index in [1.165, 1.54) is 11.3 Å². The number of nitrogens with zero attached hydrogens (tertiary/aromatic N) is 2. The Morgan fingerprint density at radius 1 is 1.35 bits per heavy atom. The van der Waals surface area contributed by atoms with E-state index in [1.54, 1.807) is 6.20 Å². The second-order valence-corrected chi connectivity index (χ2v) is 6.96. The number of hydrogen-bond acceptors (Lipinski definition) is 4. The fraction of sp³-hybridized carbons (Fsp3) is 0.278. The van der Waals surface area contributed by atoms with Gasteiger partial charge in [0.05, 0.1) is 11.1 Å². The SMILES string of the molecule is C[C@@H]1CCc2nc3ccccc3c(C(=O)Nc3nccs3)c2C1. The molecule has 0 aliphatic heterocycles. The number of para-hydroxylation sites is 1. The van der Waals surface area contributed by atoms with Crippen LogP contribution in [0.3, 0.4) is 0 Å². The Morgan fingerprint density at radius 2 is 2.22 bits per heavy atom. The van der Waals surface area contributed by atoms with Crippen LogP contribution in [-0.2, 0) is 12.8 Å². The highest BCUT2D eigenvalue weighted by atomic mass is 32.1. The molecule has 0 spiro atoms. The highest BCUT2D eigenvalue weighted by molar-refractivity contribution is 7.13. The van der Waals surface area contributed by atoms with Crippen LogP contribution in [0.5, 0.6) is 0 Å². The van der Waals surface area contributed by atoms with Gasteiger partial charge in [0.15, 0.2) is 5.13 Å². The number of anilines is 1. The number of carbonyl (C=O) groups excluding carboxylic acids is 1. The van der Waals surface area contributed by atoms with Crippen LogP contribution in [0.2, 0.25) is 0 Å². The zero-order chi connectivity index (χ0) is 15.8. The summed E-state index contributed by atoms with van der Waals surface area (Å²) in [7, 11) is 0. The average Bonchev–Trinajstić information content (AvgIpc) is 3.05. The minimum Gasteiger partial charge on any atom is -0.298 e. The van der Waals surface area contributed by atoms with Gasteiger partial charge < -0.3 is 0 Å². The molecule has 1 N–H and O–H groups in total. The molecule has 3 aromatic rings. The van der Waals surface area contributed by atoms with Crippen molar-refractivity contribution in [3.05, 3.63) is 52.7 Å². The number of fused-ring (bicyclic) bond motifs is 2. The van der Waals surface area contributed by atoms with E-state index in [0.29, 0.717) is 11.0 Å². The zero-order valence-electron chi connectivity index (χ0n) is 12.9. The third kappa shape index (κ3) is 2.61. The molecule has 0 bridgehead atoms. The molecule has 1 aliphatic rings. The first-order valence-electron chi connectivity index (χ1n) is 7.83. The quantitative estimate of drug-likeness (QED) is 0.773. The van der Waals surface area contributed by atoms with Crippen molar-refractivity contribution >= 4 is 33.3 Å². The molecule has 116 valence electrons. The van der Waals surface area contributed by atoms with Crippen molar-refractivity contribution in [2.45, 2.75) is 26.2 Å². The van der Waals surface area contributed by atoms with Crippen LogP contribution in [0, 0.1) is 5.92 Å². The van der Waals surface area contributed by atoms with Crippen molar-refractivity contribution in [1.82, 2.24) is 9.97 Å². The lowest BCUT2D eigenvalue weighted by Gasteiger charge is -2.24. The number of carbonyl (C=O) groups is 1. The summed E-state index contributed by atoms with van der Waals surface area (Å²) < 4.78 is 0. The molecule has 5 heteroatoms. The molecule has 2 heterocycles. The number of rotatable bonds is 2. The first kappa shape index (κ1) is 14.3. The highest BCUT2D eigenvalue weighted by Gasteiger charge is 2.25. The van der Waals surface area contributed by atoms with Crippen LogP contribution < -0.4 is 5.32 Å². The highest BCUT2D eigenvalue weighted by Crippen LogP contribution is 2.32. The number of benzene rings is 1. The predicted molar refractivity (Wildman–Crippen MR) is 93.0 cm³/mol. The molecule has 0 saturated carbocycles. The van der Waals surface area contributed by atoms with E-state index >= 15 is 0 Å². The van der Waals surface area contributed by atoms with Crippen molar-refractivity contribution in [2.24, 2.45) is 5.92 Å². The van der Waals surface area contributed by atoms with Crippen LogP contribution in [0.4, 0.5) is 5.13 Å². The van der Waals surface area contributed by atoms with Gasteiger partial charge in [0.2, 0.25) is 0 Å². The fourth-order valence-electron chi connectivity index (χ4n) is 3.27. The fourth-order valence-corrected chi connectivity index (χ4v) is 3.79. The van der Waals surface area contributed by atoms with E-state index in [9.17, 15) is 4.79 Å². The van der Waals surface area contributed by atoms with E-state index in [4.69, 9.17) is 4.98 Å². The van der Waals surface area contributed by atoms with Crippen molar-refractivity contribution in [3.63, 3.8) is 0 Å². The number of aromatic nitrogens is 2. The Hall–Kier alpha value is -2.27. The lowest BCUT2D eigenvalue weighted by Crippen LogP contribution is -2.21. The van der Waals surface area contributed by atoms with Crippen molar-refractivity contribution < 1.29 is 4.79 Å². The van der Waals surface area contributed by atoms with E-state index in [-0.39, 0.29) is 5.91 Å². The number of aryl methyl sites for hydroxylation is 1. The summed E-state index contributed by atoms with van der Waals surface area (Å²) >= 11 is 1.43. The van der Waals surface area contributed by atoms with Gasteiger partial charge >= 0.3 is 0 Å². The van der Waals surface area contributed by atoms with Gasteiger partial charge in [-0.1, -0.05) is 25.1 Å². The van der Waals surface area contributed by atoms with Gasteiger partial charge in [-0.05, 0) is 36.8 Å². The van der Waals surface area contributed by atoms with E-state index in [2.05, 4.69) is 17.2 Å². The summed E-state index contributed by atoms with van der Waals surface area (Å²) in [6.07, 6.45) is 4.68. The van der Waals surface area contributed by atoms with Crippen molar-refractivity contribution in [2.75, 3.05) is 5.32 Å². The average molecular weight is 323 g/mol. The van der Waals surface area contributed by atoms with Crippen LogP contribution in [-0.4, -0.2) is 15.9 Å². The molecule has 0 unspecified atom stereocenters. The summed E-state index contributed by atoms with van der Waals surface area (Å²) in [5.74, 6) is 0.501. The molecule has 0 radical (unpaired) electrons. The number of thiazole rings is 1. The molecule has 0 fully saturated rings. The Morgan fingerprint density at radius 3 is 3.04 bits per heavy atom. The van der Waals surface area contributed by atoms with Crippen LogP contribution in [0.1, 0.15) is 35.0 Å². The van der Waals surface area contributed by atoms with Crippen LogP contribution in [0.25, 0.3) is 10.9 Å². The molecule has 2 aromatic heterocycles. The summed E-state index contributed by atoms with van der Waals surface area (Å²) in [4.78, 5) is 21.9. The smallest absolute Gasteiger partial charge is 0.258 e. The van der Waals surface area contributed by atoms with Gasteiger partial charge in [0.1, 0.15) is 0 Å². The summed E-state index contributed by atoms with van der Waals surface area (Å²) in [6.45, 7) is 2.24. The maximum Gasteiger partial charge on any atom is 0.258 e. The van der Waals surface area contributed by atoms with Gasteiger partial charge in [-0.25, -0.2) is 4.98 Å². The minimum atomic E-state index is -0.0797. The van der Waals surface area contributed by atoms with E-state index < -0.39 is 0 Å². The topological polar surface area (TPSA) is 54.9 Å². The Balaban J connectivity index is 1.88. The van der Waals surface area contributed by atoms with E-state index in [1.807, 2.05) is 29.6 Å². The van der Waals surface area contributed by atoms with Gasteiger partial charge in [-0.15, -0.1) is 11.3 Å². The Bertz CT molecular complexity index is 873. The van der Waals surface area contributed by atoms with Gasteiger partial charge in [0, 0.05) is 22.7 Å². The predicted octanol–water partition coefficient (Wildman–Crippen LogP) is 4.07. The normalized spacial score (nSPS) is 17.0. The Labute approximate surface area is 138 Å². The number of hydrogen-bond donors (Lipinski definition) is 1. The molecule has 23 heavy (non-hydrogen) atoms. The van der Waals surface area contributed by atoms with Gasteiger partial charge in [-0.3, -0.25) is 15.1 Å². The molecular weight excluding hydrogens is 306 g/mol. The molecule has 1 aromatic carbocycles. The lowest BCUT2D eigenvalue weighted by atomic mass is 9.84. The largest absolute Gasteiger partial charge is 0.298 e. The number of pyridine rings is 1. The molecule has 1 atom stereocenters. The summed E-state index contributed by atoms with van der Waals surface area (Å²) in [5.41, 5.74) is 3.85. The first-order chi connectivity index (χ1) is 11.2. The monoisotopic (exact) mass is 323 g/mol. The maximum atomic E-state index is 12.9. The molecule has 1 amide bonds. The molecular formula is C18H17N3OS. The molecule has 0 saturated heterocycles. The van der Waals surface area contributed by atoms with Crippen LogP contribution >= 0.6 is 11.3 Å². The summed E-state index contributed by atoms with van der Waals surface area (Å²) in [6, 6.07) is 7.89.